The van der Waals surface area contributed by atoms with Gasteiger partial charge >= 0.3 is 5.69 Å². The fraction of sp³-hybridized carbons (Fsp3) is 0.545. The van der Waals surface area contributed by atoms with Crippen LogP contribution < -0.4 is 5.32 Å². The molecule has 9 nitrogen and oxygen atoms in total. The summed E-state index contributed by atoms with van der Waals surface area (Å²) in [6.45, 7) is 4.80. The Labute approximate surface area is 115 Å². The molecule has 2 heterocycles. The van der Waals surface area contributed by atoms with Crippen LogP contribution in [0.5, 0.6) is 0 Å². The van der Waals surface area contributed by atoms with Gasteiger partial charge in [-0.25, -0.2) is 9.67 Å². The summed E-state index contributed by atoms with van der Waals surface area (Å²) < 4.78 is 1.65. The van der Waals surface area contributed by atoms with E-state index < -0.39 is 4.92 Å². The molecule has 2 rings (SSSR count). The summed E-state index contributed by atoms with van der Waals surface area (Å²) in [6, 6.07) is 0. The minimum atomic E-state index is -0.398. The molecule has 0 fully saturated rings. The number of anilines is 1. The van der Waals surface area contributed by atoms with E-state index in [1.54, 1.807) is 11.6 Å². The van der Waals surface area contributed by atoms with Gasteiger partial charge in [0.15, 0.2) is 0 Å². The van der Waals surface area contributed by atoms with E-state index in [2.05, 4.69) is 25.6 Å². The van der Waals surface area contributed by atoms with Gasteiger partial charge in [0, 0.05) is 19.5 Å². The average Bonchev–Trinajstić information content (AvgIpc) is 2.99. The normalized spacial score (nSPS) is 10.7. The monoisotopic (exact) mass is 279 g/mol. The van der Waals surface area contributed by atoms with E-state index in [4.69, 9.17) is 0 Å². The summed E-state index contributed by atoms with van der Waals surface area (Å²) in [5.74, 6) is 1.19. The molecule has 2 N–H and O–H groups in total. The minimum Gasteiger partial charge on any atom is -0.364 e. The molecule has 108 valence electrons. The number of aryl methyl sites for hydroxylation is 2. The lowest BCUT2D eigenvalue weighted by Crippen LogP contribution is -2.12. The molecule has 20 heavy (non-hydrogen) atoms. The van der Waals surface area contributed by atoms with Crippen LogP contribution in [0.25, 0.3) is 0 Å². The van der Waals surface area contributed by atoms with Gasteiger partial charge < -0.3 is 5.32 Å². The molecule has 0 aromatic carbocycles. The van der Waals surface area contributed by atoms with Crippen molar-refractivity contribution in [3.8, 4) is 0 Å². The standard InChI is InChI=1S/C11H17N7O2/c1-3-6-17-11(10(18(19)20)8(2)16-17)12-5-4-9-13-7-14-15-9/h7,12H,3-6H2,1-2H3,(H,13,14,15). The van der Waals surface area contributed by atoms with E-state index in [0.29, 0.717) is 31.0 Å². The van der Waals surface area contributed by atoms with E-state index in [0.717, 1.165) is 12.2 Å². The molecule has 0 aliphatic heterocycles. The lowest BCUT2D eigenvalue weighted by atomic mass is 10.3. The van der Waals surface area contributed by atoms with Gasteiger partial charge in [-0.1, -0.05) is 6.92 Å². The predicted octanol–water partition coefficient (Wildman–Crippen LogP) is 1.28. The smallest absolute Gasteiger partial charge is 0.333 e. The van der Waals surface area contributed by atoms with Gasteiger partial charge in [-0.3, -0.25) is 15.2 Å². The van der Waals surface area contributed by atoms with Crippen molar-refractivity contribution in [2.45, 2.75) is 33.2 Å². The fourth-order valence-electron chi connectivity index (χ4n) is 1.99. The Kier molecular flexibility index (Phi) is 4.28. The number of nitrogens with zero attached hydrogens (tertiary/aromatic N) is 5. The van der Waals surface area contributed by atoms with Gasteiger partial charge in [0.2, 0.25) is 5.82 Å². The largest absolute Gasteiger partial charge is 0.364 e. The zero-order valence-electron chi connectivity index (χ0n) is 11.5. The topological polar surface area (TPSA) is 115 Å². The maximum absolute atomic E-state index is 11.1. The number of aromatic amines is 1. The summed E-state index contributed by atoms with van der Waals surface area (Å²) in [7, 11) is 0. The van der Waals surface area contributed by atoms with Crippen molar-refractivity contribution in [3.05, 3.63) is 28.0 Å². The van der Waals surface area contributed by atoms with E-state index in [-0.39, 0.29) is 5.69 Å². The summed E-state index contributed by atoms with van der Waals surface area (Å²) in [4.78, 5) is 14.7. The first-order chi connectivity index (χ1) is 9.63. The number of nitrogens with one attached hydrogen (secondary N) is 2. The Balaban J connectivity index is 2.13. The summed E-state index contributed by atoms with van der Waals surface area (Å²) in [5, 5.41) is 24.9. The van der Waals surface area contributed by atoms with E-state index in [1.807, 2.05) is 6.92 Å². The van der Waals surface area contributed by atoms with Crippen LogP contribution in [0.3, 0.4) is 0 Å². The zero-order chi connectivity index (χ0) is 14.5. The second-order valence-electron chi connectivity index (χ2n) is 4.37. The van der Waals surface area contributed by atoms with Crippen molar-refractivity contribution >= 4 is 11.5 Å². The number of rotatable bonds is 7. The molecule has 0 saturated heterocycles. The average molecular weight is 279 g/mol. The third kappa shape index (κ3) is 2.92. The molecular weight excluding hydrogens is 262 g/mol. The van der Waals surface area contributed by atoms with Crippen molar-refractivity contribution < 1.29 is 4.92 Å². The lowest BCUT2D eigenvalue weighted by Gasteiger charge is -2.07. The quantitative estimate of drug-likeness (QED) is 0.583. The first kappa shape index (κ1) is 14.0. The molecule has 2 aromatic heterocycles. The fourth-order valence-corrected chi connectivity index (χ4v) is 1.99. The van der Waals surface area contributed by atoms with Crippen LogP contribution in [-0.4, -0.2) is 36.4 Å². The van der Waals surface area contributed by atoms with E-state index in [1.165, 1.54) is 6.33 Å². The van der Waals surface area contributed by atoms with Crippen molar-refractivity contribution in [1.29, 1.82) is 0 Å². The highest BCUT2D eigenvalue weighted by molar-refractivity contribution is 5.59. The Morgan fingerprint density at radius 3 is 2.95 bits per heavy atom. The summed E-state index contributed by atoms with van der Waals surface area (Å²) in [6.07, 6.45) is 2.89. The van der Waals surface area contributed by atoms with Crippen LogP contribution in [0.4, 0.5) is 11.5 Å². The van der Waals surface area contributed by atoms with Gasteiger partial charge in [0.05, 0.1) is 4.92 Å². The van der Waals surface area contributed by atoms with Gasteiger partial charge in [0.25, 0.3) is 0 Å². The molecule has 0 radical (unpaired) electrons. The highest BCUT2D eigenvalue weighted by Crippen LogP contribution is 2.28. The third-order valence-electron chi connectivity index (χ3n) is 2.83. The molecule has 0 unspecified atom stereocenters. The Morgan fingerprint density at radius 2 is 2.35 bits per heavy atom. The minimum absolute atomic E-state index is 0.0380. The molecule has 0 atom stereocenters. The lowest BCUT2D eigenvalue weighted by molar-refractivity contribution is -0.384. The summed E-state index contributed by atoms with van der Waals surface area (Å²) >= 11 is 0. The van der Waals surface area contributed by atoms with Crippen molar-refractivity contribution in [2.75, 3.05) is 11.9 Å². The van der Waals surface area contributed by atoms with Gasteiger partial charge in [-0.05, 0) is 13.3 Å². The molecule has 0 amide bonds. The molecule has 0 aliphatic rings. The van der Waals surface area contributed by atoms with Crippen LogP contribution in [0, 0.1) is 17.0 Å². The van der Waals surface area contributed by atoms with E-state index in [9.17, 15) is 10.1 Å². The Bertz CT molecular complexity index is 576. The van der Waals surface area contributed by atoms with Crippen LogP contribution in [0.15, 0.2) is 6.33 Å². The van der Waals surface area contributed by atoms with Crippen LogP contribution >= 0.6 is 0 Å². The summed E-state index contributed by atoms with van der Waals surface area (Å²) in [5.41, 5.74) is 0.460. The predicted molar refractivity (Wildman–Crippen MR) is 72.5 cm³/mol. The molecule has 0 aliphatic carbocycles. The van der Waals surface area contributed by atoms with Crippen LogP contribution in [-0.2, 0) is 13.0 Å². The molecule has 2 aromatic rings. The maximum Gasteiger partial charge on any atom is 0.333 e. The number of H-pyrrole nitrogens is 1. The van der Waals surface area contributed by atoms with Gasteiger partial charge in [0.1, 0.15) is 17.8 Å². The first-order valence-corrected chi connectivity index (χ1v) is 6.43. The first-order valence-electron chi connectivity index (χ1n) is 6.43. The molecule has 0 bridgehead atoms. The Morgan fingerprint density at radius 1 is 1.55 bits per heavy atom. The third-order valence-corrected chi connectivity index (χ3v) is 2.83. The second kappa shape index (κ2) is 6.13. The molecule has 9 heteroatoms. The van der Waals surface area contributed by atoms with Gasteiger partial charge in [-0.2, -0.15) is 10.2 Å². The maximum atomic E-state index is 11.1. The number of aromatic nitrogens is 5. The van der Waals surface area contributed by atoms with Crippen molar-refractivity contribution in [1.82, 2.24) is 25.0 Å². The number of hydrogen-bond donors (Lipinski definition) is 2. The SMILES string of the molecule is CCCn1nc(C)c([N+](=O)[O-])c1NCCc1ncn[nH]1. The van der Waals surface area contributed by atoms with Crippen molar-refractivity contribution in [2.24, 2.45) is 0 Å². The second-order valence-corrected chi connectivity index (χ2v) is 4.37. The van der Waals surface area contributed by atoms with Crippen LogP contribution in [0.2, 0.25) is 0 Å². The van der Waals surface area contributed by atoms with Crippen LogP contribution in [0.1, 0.15) is 24.9 Å². The molecule has 0 saturated carbocycles. The van der Waals surface area contributed by atoms with Crippen molar-refractivity contribution in [3.63, 3.8) is 0 Å². The zero-order valence-corrected chi connectivity index (χ0v) is 11.5. The van der Waals surface area contributed by atoms with Gasteiger partial charge in [-0.15, -0.1) is 0 Å². The Hall–Kier alpha value is -2.45. The number of nitro groups is 1. The molecule has 0 spiro atoms. The number of hydrogen-bond acceptors (Lipinski definition) is 6. The highest BCUT2D eigenvalue weighted by atomic mass is 16.6. The molecular formula is C11H17N7O2. The van der Waals surface area contributed by atoms with E-state index >= 15 is 0 Å². The highest BCUT2D eigenvalue weighted by Gasteiger charge is 2.24.